The molecular formula is C82H79N17O. The third-order valence-electron chi connectivity index (χ3n) is 15.5. The van der Waals surface area contributed by atoms with Gasteiger partial charge in [-0.05, 0) is 154 Å². The Morgan fingerprint density at radius 2 is 0.870 bits per heavy atom. The summed E-state index contributed by atoms with van der Waals surface area (Å²) in [4.78, 5) is 59.7. The molecule has 18 nitrogen and oxygen atoms in total. The summed E-state index contributed by atoms with van der Waals surface area (Å²) in [6, 6.07) is 60.3. The van der Waals surface area contributed by atoms with Gasteiger partial charge in [0.15, 0.2) is 0 Å². The predicted molar refractivity (Wildman–Crippen MR) is 405 cm³/mol. The maximum Gasteiger partial charge on any atom is 0.250 e. The molecule has 12 aromatic heterocycles. The minimum Gasteiger partial charge on any atom is -0.341 e. The lowest BCUT2D eigenvalue weighted by Crippen LogP contribution is -2.12. The van der Waals surface area contributed by atoms with Crippen molar-refractivity contribution in [2.45, 2.75) is 55.4 Å². The zero-order valence-electron chi connectivity index (χ0n) is 57.8. The van der Waals surface area contributed by atoms with Crippen LogP contribution in [-0.4, -0.2) is 83.0 Å². The van der Waals surface area contributed by atoms with E-state index in [4.69, 9.17) is 0 Å². The molecule has 0 fully saturated rings. The highest BCUT2D eigenvalue weighted by Gasteiger charge is 2.01. The summed E-state index contributed by atoms with van der Waals surface area (Å²) >= 11 is 0. The van der Waals surface area contributed by atoms with Gasteiger partial charge >= 0.3 is 0 Å². The second-order valence-corrected chi connectivity index (χ2v) is 22.9. The van der Waals surface area contributed by atoms with Crippen LogP contribution >= 0.6 is 0 Å². The number of benzene rings is 6. The van der Waals surface area contributed by atoms with Crippen LogP contribution in [0.4, 0.5) is 0 Å². The Kier molecular flexibility index (Phi) is 26.2. The zero-order chi connectivity index (χ0) is 70.4. The molecular weight excluding hydrogens is 1240 g/mol. The Labute approximate surface area is 581 Å². The standard InChI is InChI=1S/5C10H9N.C9H8N2.C7H7N3.C6H6N4.C6H7NO.C4H6N2/c1-8-4-2-6-10-9(8)5-3-7-11-10;1-8-3-2-4-9-7-11-6-5-10(8)9;1-8-6-11-7-9-4-2-3-5-10(8)9;1-8-10-5-3-2-4-9(10)6-7-11-8;1-8-6-7-11-10-5-3-2-4-9(8)10;1-7-3-2-4-8-9(7)11-6-5-10-8;1-6-5-9-7-8-3-2-4-10(6)7;1-5-4-8-6-7-2-3-9-10(5)6;1-7-5-3-2-4-6(7)8;1-6-3-2-5-4-6/h5*2-7H,1H3;2-6H,1H3;2-5H,1H3;2-4H,1H3;2-5H,1H3;2-4H,1H3. The summed E-state index contributed by atoms with van der Waals surface area (Å²) in [6.07, 6.45) is 34.1. The fourth-order valence-corrected chi connectivity index (χ4v) is 10.1. The summed E-state index contributed by atoms with van der Waals surface area (Å²) in [7, 11) is 3.66. The van der Waals surface area contributed by atoms with Crippen LogP contribution in [0.25, 0.3) is 76.7 Å². The Morgan fingerprint density at radius 1 is 0.310 bits per heavy atom. The summed E-state index contributed by atoms with van der Waals surface area (Å²) in [5.74, 6) is 1.42. The lowest BCUT2D eigenvalue weighted by molar-refractivity contribution is 0.860. The van der Waals surface area contributed by atoms with E-state index in [9.17, 15) is 4.79 Å². The Bertz CT molecular complexity index is 4890. The molecule has 0 saturated heterocycles. The number of fused-ring (bicyclic) bond motifs is 8. The Hall–Kier alpha value is -13.0. The molecule has 0 atom stereocenters. The molecule has 18 rings (SSSR count). The highest BCUT2D eigenvalue weighted by Crippen LogP contribution is 2.19. The largest absolute Gasteiger partial charge is 0.341 e. The first kappa shape index (κ1) is 71.3. The number of aryl methyl sites for hydroxylation is 10. The molecule has 18 aromatic rings. The van der Waals surface area contributed by atoms with Crippen molar-refractivity contribution in [3.63, 3.8) is 0 Å². The van der Waals surface area contributed by atoms with Gasteiger partial charge in [0.05, 0.1) is 58.9 Å². The van der Waals surface area contributed by atoms with Gasteiger partial charge in [0.1, 0.15) is 0 Å². The van der Waals surface area contributed by atoms with Gasteiger partial charge in [-0.15, -0.1) is 0 Å². The summed E-state index contributed by atoms with van der Waals surface area (Å²) < 4.78 is 7.06. The van der Waals surface area contributed by atoms with E-state index in [1.54, 1.807) is 73.5 Å². The second-order valence-electron chi connectivity index (χ2n) is 22.9. The van der Waals surface area contributed by atoms with Crippen molar-refractivity contribution in [2.24, 2.45) is 14.1 Å². The highest BCUT2D eigenvalue weighted by atomic mass is 16.1. The molecule has 0 aliphatic rings. The fraction of sp³-hybridized carbons (Fsp3) is 0.122. The van der Waals surface area contributed by atoms with Gasteiger partial charge in [-0.3, -0.25) is 44.1 Å². The minimum absolute atomic E-state index is 0.0347. The molecule has 0 N–H and O–H groups in total. The Balaban J connectivity index is 0.000000130. The van der Waals surface area contributed by atoms with Crippen molar-refractivity contribution < 1.29 is 0 Å². The van der Waals surface area contributed by atoms with Crippen LogP contribution in [-0.2, 0) is 14.1 Å². The first-order chi connectivity index (χ1) is 48.7. The molecule has 12 heterocycles. The van der Waals surface area contributed by atoms with Crippen LogP contribution in [0.15, 0.2) is 305 Å². The number of para-hydroxylation sites is 2. The second kappa shape index (κ2) is 36.8. The summed E-state index contributed by atoms with van der Waals surface area (Å²) in [6.45, 7) is 16.4. The molecule has 100 heavy (non-hydrogen) atoms. The van der Waals surface area contributed by atoms with Crippen molar-refractivity contribution in [1.82, 2.24) is 83.0 Å². The van der Waals surface area contributed by atoms with E-state index in [2.05, 4.69) is 159 Å². The molecule has 0 bridgehead atoms. The SMILES string of the molecule is Cc1cccc2cnccc12.Cc1cccc2ncccc12.Cc1cccc2nccnc12.Cc1ccnc2ccccc12.Cc1cnc2ncccn12.Cc1cnc2nccnn12.Cc1cncc2ccccc12.Cc1nccc2ccccc12.Cn1ccccc1=O.Cn1ccnc1. The van der Waals surface area contributed by atoms with Crippen LogP contribution in [0.3, 0.4) is 0 Å². The van der Waals surface area contributed by atoms with Crippen LogP contribution in [0.5, 0.6) is 0 Å². The molecule has 498 valence electrons. The monoisotopic (exact) mass is 1320 g/mol. The zero-order valence-corrected chi connectivity index (χ0v) is 57.8. The third kappa shape index (κ3) is 20.5. The van der Waals surface area contributed by atoms with E-state index >= 15 is 0 Å². The van der Waals surface area contributed by atoms with E-state index < -0.39 is 0 Å². The van der Waals surface area contributed by atoms with Crippen molar-refractivity contribution in [2.75, 3.05) is 0 Å². The number of hydrogen-bond acceptors (Lipinski definition) is 14. The molecule has 0 saturated carbocycles. The number of aromatic nitrogens is 17. The van der Waals surface area contributed by atoms with Crippen LogP contribution in [0.2, 0.25) is 0 Å². The first-order valence-corrected chi connectivity index (χ1v) is 32.3. The average molecular weight is 1320 g/mol. The maximum atomic E-state index is 10.6. The van der Waals surface area contributed by atoms with Gasteiger partial charge in [-0.25, -0.2) is 29.4 Å². The van der Waals surface area contributed by atoms with E-state index in [0.29, 0.717) is 5.78 Å². The number of pyridine rings is 6. The molecule has 0 unspecified atom stereocenters. The lowest BCUT2D eigenvalue weighted by Gasteiger charge is -1.98. The van der Waals surface area contributed by atoms with E-state index in [-0.39, 0.29) is 5.56 Å². The summed E-state index contributed by atoms with van der Waals surface area (Å²) in [5.41, 5.74) is 13.7. The Morgan fingerprint density at radius 3 is 1.55 bits per heavy atom. The lowest BCUT2D eigenvalue weighted by atomic mass is 10.1. The van der Waals surface area contributed by atoms with E-state index in [1.165, 1.54) is 81.5 Å². The van der Waals surface area contributed by atoms with E-state index in [0.717, 1.165) is 44.9 Å². The van der Waals surface area contributed by atoms with Gasteiger partial charge < -0.3 is 9.13 Å². The first-order valence-electron chi connectivity index (χ1n) is 32.3. The topological polar surface area (TPSA) is 203 Å². The molecule has 0 radical (unpaired) electrons. The smallest absolute Gasteiger partial charge is 0.250 e. The molecule has 0 spiro atoms. The number of rotatable bonds is 0. The van der Waals surface area contributed by atoms with Crippen molar-refractivity contribution in [3.05, 3.63) is 355 Å². The van der Waals surface area contributed by atoms with E-state index in [1.807, 2.05) is 209 Å². The predicted octanol–water partition coefficient (Wildman–Crippen LogP) is 16.9. The normalized spacial score (nSPS) is 10.1. The third-order valence-corrected chi connectivity index (χ3v) is 15.5. The van der Waals surface area contributed by atoms with Gasteiger partial charge in [0.25, 0.3) is 5.78 Å². The molecule has 0 aliphatic carbocycles. The minimum atomic E-state index is 0.0347. The van der Waals surface area contributed by atoms with Crippen molar-refractivity contribution in [1.29, 1.82) is 0 Å². The number of hydrogen-bond donors (Lipinski definition) is 0. The molecule has 18 heteroatoms. The maximum absolute atomic E-state index is 10.6. The van der Waals surface area contributed by atoms with Crippen LogP contribution in [0, 0.1) is 55.4 Å². The van der Waals surface area contributed by atoms with Crippen molar-refractivity contribution in [3.8, 4) is 0 Å². The average Bonchev–Trinajstić information content (AvgIpc) is 1.000. The van der Waals surface area contributed by atoms with Crippen molar-refractivity contribution >= 4 is 76.7 Å². The van der Waals surface area contributed by atoms with Gasteiger partial charge in [0, 0.05) is 145 Å². The quantitative estimate of drug-likeness (QED) is 0.139. The highest BCUT2D eigenvalue weighted by molar-refractivity contribution is 5.86. The van der Waals surface area contributed by atoms with Crippen LogP contribution in [0.1, 0.15) is 44.9 Å². The van der Waals surface area contributed by atoms with Gasteiger partial charge in [0.2, 0.25) is 11.3 Å². The number of imidazole rings is 3. The fourth-order valence-electron chi connectivity index (χ4n) is 10.1. The molecule has 6 aromatic carbocycles. The van der Waals surface area contributed by atoms with Gasteiger partial charge in [-0.1, -0.05) is 121 Å². The number of nitrogens with zero attached hydrogens (tertiary/aromatic N) is 17. The summed E-state index contributed by atoms with van der Waals surface area (Å²) in [5, 5.41) is 14.1. The molecule has 0 amide bonds. The molecule has 0 aliphatic heterocycles. The van der Waals surface area contributed by atoms with Gasteiger partial charge in [-0.2, -0.15) is 5.10 Å². The van der Waals surface area contributed by atoms with Crippen LogP contribution < -0.4 is 5.56 Å².